The van der Waals surface area contributed by atoms with Gasteiger partial charge in [-0.25, -0.2) is 0 Å². The predicted molar refractivity (Wildman–Crippen MR) is 68.0 cm³/mol. The summed E-state index contributed by atoms with van der Waals surface area (Å²) in [5.41, 5.74) is 2.80. The van der Waals surface area contributed by atoms with Crippen molar-refractivity contribution in [2.24, 2.45) is 11.8 Å². The molecule has 0 N–H and O–H groups in total. The number of hydrogen-bond donors (Lipinski definition) is 0. The van der Waals surface area contributed by atoms with Crippen molar-refractivity contribution in [2.75, 3.05) is 6.61 Å². The van der Waals surface area contributed by atoms with Crippen LogP contribution in [0.2, 0.25) is 0 Å². The molecule has 0 saturated heterocycles. The van der Waals surface area contributed by atoms with Gasteiger partial charge in [-0.15, -0.1) is 0 Å². The fourth-order valence-electron chi connectivity index (χ4n) is 2.20. The first-order chi connectivity index (χ1) is 7.68. The van der Waals surface area contributed by atoms with Crippen molar-refractivity contribution in [3.63, 3.8) is 0 Å². The van der Waals surface area contributed by atoms with Crippen LogP contribution in [0.5, 0.6) is 5.75 Å². The molecule has 2 rings (SSSR count). The summed E-state index contributed by atoms with van der Waals surface area (Å²) < 4.78 is 5.72. The highest BCUT2D eigenvalue weighted by Crippen LogP contribution is 2.31. The molecule has 1 heteroatoms. The summed E-state index contributed by atoms with van der Waals surface area (Å²) in [4.78, 5) is 0. The van der Waals surface area contributed by atoms with E-state index in [1.807, 2.05) is 0 Å². The van der Waals surface area contributed by atoms with Gasteiger partial charge in [-0.05, 0) is 35.8 Å². The van der Waals surface area contributed by atoms with Gasteiger partial charge in [0.1, 0.15) is 5.75 Å². The zero-order valence-electron chi connectivity index (χ0n) is 10.6. The zero-order valence-corrected chi connectivity index (χ0v) is 10.6. The largest absolute Gasteiger partial charge is 0.493 e. The summed E-state index contributed by atoms with van der Waals surface area (Å²) in [6.07, 6.45) is 3.50. The minimum absolute atomic E-state index is 0.776. The molecule has 0 aromatic heterocycles. The lowest BCUT2D eigenvalue weighted by Crippen LogP contribution is -2.05. The standard InChI is InChI=1S/C15H22O/c1-11(2)12(3)7-8-13-5-4-6-14-9-10-16-15(13)14/h4-6,11-12H,7-10H2,1-3H3. The van der Waals surface area contributed by atoms with Crippen molar-refractivity contribution < 1.29 is 4.74 Å². The maximum atomic E-state index is 5.72. The molecule has 1 aromatic carbocycles. The fourth-order valence-corrected chi connectivity index (χ4v) is 2.20. The van der Waals surface area contributed by atoms with E-state index in [4.69, 9.17) is 4.74 Å². The summed E-state index contributed by atoms with van der Waals surface area (Å²) in [5, 5.41) is 0. The second kappa shape index (κ2) is 4.90. The molecular formula is C15H22O. The van der Waals surface area contributed by atoms with Crippen LogP contribution in [0.15, 0.2) is 18.2 Å². The van der Waals surface area contributed by atoms with Crippen molar-refractivity contribution >= 4 is 0 Å². The first-order valence-corrected chi connectivity index (χ1v) is 6.42. The smallest absolute Gasteiger partial charge is 0.125 e. The second-order valence-electron chi connectivity index (χ2n) is 5.26. The van der Waals surface area contributed by atoms with Crippen LogP contribution in [0.3, 0.4) is 0 Å². The van der Waals surface area contributed by atoms with E-state index in [-0.39, 0.29) is 0 Å². The van der Waals surface area contributed by atoms with Crippen LogP contribution in [0.25, 0.3) is 0 Å². The maximum absolute atomic E-state index is 5.72. The number of para-hydroxylation sites is 1. The Bertz CT molecular complexity index is 354. The topological polar surface area (TPSA) is 9.23 Å². The number of hydrogen-bond acceptors (Lipinski definition) is 1. The van der Waals surface area contributed by atoms with Gasteiger partial charge in [-0.2, -0.15) is 0 Å². The summed E-state index contributed by atoms with van der Waals surface area (Å²) in [7, 11) is 0. The van der Waals surface area contributed by atoms with Crippen LogP contribution in [0, 0.1) is 11.8 Å². The van der Waals surface area contributed by atoms with Crippen LogP contribution < -0.4 is 4.74 Å². The molecular weight excluding hydrogens is 196 g/mol. The lowest BCUT2D eigenvalue weighted by Gasteiger charge is -2.16. The van der Waals surface area contributed by atoms with Crippen LogP contribution >= 0.6 is 0 Å². The highest BCUT2D eigenvalue weighted by molar-refractivity contribution is 5.44. The zero-order chi connectivity index (χ0) is 11.5. The Balaban J connectivity index is 2.03. The average Bonchev–Trinajstić information content (AvgIpc) is 2.73. The van der Waals surface area contributed by atoms with Gasteiger partial charge in [0.05, 0.1) is 6.61 Å². The number of ether oxygens (including phenoxy) is 1. The Morgan fingerprint density at radius 1 is 1.25 bits per heavy atom. The number of aryl methyl sites for hydroxylation is 1. The first kappa shape index (κ1) is 11.5. The van der Waals surface area contributed by atoms with E-state index in [0.29, 0.717) is 0 Å². The van der Waals surface area contributed by atoms with Crippen LogP contribution in [0.1, 0.15) is 38.3 Å². The van der Waals surface area contributed by atoms with E-state index in [1.165, 1.54) is 23.3 Å². The molecule has 0 amide bonds. The molecule has 0 aliphatic carbocycles. The molecule has 16 heavy (non-hydrogen) atoms. The van der Waals surface area contributed by atoms with Gasteiger partial charge in [0.15, 0.2) is 0 Å². The molecule has 1 unspecified atom stereocenters. The van der Waals surface area contributed by atoms with E-state index < -0.39 is 0 Å². The van der Waals surface area contributed by atoms with Crippen LogP contribution in [-0.4, -0.2) is 6.61 Å². The fraction of sp³-hybridized carbons (Fsp3) is 0.600. The minimum Gasteiger partial charge on any atom is -0.493 e. The Morgan fingerprint density at radius 2 is 2.06 bits per heavy atom. The number of rotatable bonds is 4. The van der Waals surface area contributed by atoms with Crippen molar-refractivity contribution in [2.45, 2.75) is 40.0 Å². The first-order valence-electron chi connectivity index (χ1n) is 6.42. The average molecular weight is 218 g/mol. The lowest BCUT2D eigenvalue weighted by molar-refractivity contribution is 0.348. The van der Waals surface area contributed by atoms with Crippen molar-refractivity contribution in [1.82, 2.24) is 0 Å². The molecule has 0 bridgehead atoms. The molecule has 1 heterocycles. The quantitative estimate of drug-likeness (QED) is 0.746. The maximum Gasteiger partial charge on any atom is 0.125 e. The van der Waals surface area contributed by atoms with E-state index in [1.54, 1.807) is 0 Å². The molecule has 1 aromatic rings. The molecule has 1 aliphatic rings. The summed E-state index contributed by atoms with van der Waals surface area (Å²) in [6.45, 7) is 7.81. The molecule has 1 aliphatic heterocycles. The Morgan fingerprint density at radius 3 is 2.81 bits per heavy atom. The normalized spacial score (nSPS) is 16.0. The molecule has 1 atom stereocenters. The summed E-state index contributed by atoms with van der Waals surface area (Å²) >= 11 is 0. The van der Waals surface area contributed by atoms with Gasteiger partial charge in [-0.1, -0.05) is 39.0 Å². The van der Waals surface area contributed by atoms with Crippen molar-refractivity contribution in [3.05, 3.63) is 29.3 Å². The predicted octanol–water partition coefficient (Wildman–Crippen LogP) is 3.85. The van der Waals surface area contributed by atoms with E-state index >= 15 is 0 Å². The van der Waals surface area contributed by atoms with Gasteiger partial charge >= 0.3 is 0 Å². The molecule has 1 nitrogen and oxygen atoms in total. The second-order valence-corrected chi connectivity index (χ2v) is 5.26. The SMILES string of the molecule is CC(C)C(C)CCc1cccc2c1OCC2. The monoisotopic (exact) mass is 218 g/mol. The van der Waals surface area contributed by atoms with Gasteiger partial charge < -0.3 is 4.74 Å². The number of benzene rings is 1. The molecule has 0 saturated carbocycles. The van der Waals surface area contributed by atoms with Crippen LogP contribution in [-0.2, 0) is 12.8 Å². The van der Waals surface area contributed by atoms with Gasteiger partial charge in [0.25, 0.3) is 0 Å². The minimum atomic E-state index is 0.776. The molecule has 0 spiro atoms. The number of fused-ring (bicyclic) bond motifs is 1. The lowest BCUT2D eigenvalue weighted by atomic mass is 9.91. The molecule has 0 fully saturated rings. The summed E-state index contributed by atoms with van der Waals surface area (Å²) in [6, 6.07) is 6.58. The molecule has 88 valence electrons. The Labute approximate surface area is 98.8 Å². The molecule has 0 radical (unpaired) electrons. The van der Waals surface area contributed by atoms with Crippen molar-refractivity contribution in [3.8, 4) is 5.75 Å². The van der Waals surface area contributed by atoms with E-state index in [2.05, 4.69) is 39.0 Å². The highest BCUT2D eigenvalue weighted by atomic mass is 16.5. The highest BCUT2D eigenvalue weighted by Gasteiger charge is 2.16. The van der Waals surface area contributed by atoms with Crippen molar-refractivity contribution in [1.29, 1.82) is 0 Å². The van der Waals surface area contributed by atoms with Gasteiger partial charge in [-0.3, -0.25) is 0 Å². The van der Waals surface area contributed by atoms with E-state index in [9.17, 15) is 0 Å². The van der Waals surface area contributed by atoms with Crippen LogP contribution in [0.4, 0.5) is 0 Å². The van der Waals surface area contributed by atoms with Gasteiger partial charge in [0.2, 0.25) is 0 Å². The third-order valence-corrected chi connectivity index (χ3v) is 3.80. The van der Waals surface area contributed by atoms with Gasteiger partial charge in [0, 0.05) is 6.42 Å². The van der Waals surface area contributed by atoms with E-state index in [0.717, 1.165) is 31.3 Å². The third kappa shape index (κ3) is 2.40. The summed E-state index contributed by atoms with van der Waals surface area (Å²) in [5.74, 6) is 2.74. The third-order valence-electron chi connectivity index (χ3n) is 3.80. The Kier molecular flexibility index (Phi) is 3.52. The Hall–Kier alpha value is -0.980.